The van der Waals surface area contributed by atoms with Crippen molar-refractivity contribution in [1.29, 1.82) is 0 Å². The topological polar surface area (TPSA) is 83.8 Å². The molecule has 2 N–H and O–H groups in total. The van der Waals surface area contributed by atoms with Crippen molar-refractivity contribution in [2.45, 2.75) is 44.4 Å². The van der Waals surface area contributed by atoms with Crippen LogP contribution in [0.4, 0.5) is 0 Å². The first-order valence-corrected chi connectivity index (χ1v) is 12.2. The molecule has 2 aliphatic rings. The number of carbonyl (C=O) groups is 1. The number of rotatable bonds is 6. The third kappa shape index (κ3) is 5.48. The zero-order chi connectivity index (χ0) is 23.3. The van der Waals surface area contributed by atoms with E-state index in [0.717, 1.165) is 69.5 Å². The minimum atomic E-state index is -0.596. The van der Waals surface area contributed by atoms with Crippen LogP contribution in [0.2, 0.25) is 0 Å². The molecule has 2 aliphatic heterocycles. The molecule has 0 saturated carbocycles. The van der Waals surface area contributed by atoms with Gasteiger partial charge in [0, 0.05) is 31.1 Å². The summed E-state index contributed by atoms with van der Waals surface area (Å²) in [5.41, 5.74) is 1.21. The summed E-state index contributed by atoms with van der Waals surface area (Å²) in [5.74, 6) is 0.581. The summed E-state index contributed by atoms with van der Waals surface area (Å²) in [6, 6.07) is 17.3. The Labute approximate surface area is 199 Å². The van der Waals surface area contributed by atoms with E-state index in [4.69, 9.17) is 9.15 Å². The smallest absolute Gasteiger partial charge is 0.349 e. The van der Waals surface area contributed by atoms with Gasteiger partial charge in [-0.2, -0.15) is 0 Å². The third-order valence-electron chi connectivity index (χ3n) is 6.73. The average molecular weight is 462 g/mol. The molecule has 0 radical (unpaired) electrons. The Morgan fingerprint density at radius 1 is 1.03 bits per heavy atom. The maximum atomic E-state index is 12.7. The van der Waals surface area contributed by atoms with E-state index in [9.17, 15) is 9.59 Å². The lowest BCUT2D eigenvalue weighted by atomic mass is 10.0. The maximum Gasteiger partial charge on any atom is 0.349 e. The van der Waals surface area contributed by atoms with Gasteiger partial charge in [-0.05, 0) is 68.6 Å². The molecule has 2 aromatic carbocycles. The highest BCUT2D eigenvalue weighted by molar-refractivity contribution is 5.96. The summed E-state index contributed by atoms with van der Waals surface area (Å²) in [5, 5.41) is 7.13. The maximum absolute atomic E-state index is 12.7. The Morgan fingerprint density at radius 2 is 1.76 bits per heavy atom. The number of nitrogens with one attached hydrogen (secondary N) is 2. The van der Waals surface area contributed by atoms with Crippen molar-refractivity contribution in [1.82, 2.24) is 15.5 Å². The van der Waals surface area contributed by atoms with E-state index in [1.807, 2.05) is 12.1 Å². The molecule has 2 saturated heterocycles. The first-order valence-electron chi connectivity index (χ1n) is 12.2. The number of amides is 1. The lowest BCUT2D eigenvalue weighted by molar-refractivity contribution is 0.0905. The summed E-state index contributed by atoms with van der Waals surface area (Å²) < 4.78 is 11.4. The van der Waals surface area contributed by atoms with E-state index in [2.05, 4.69) is 39.8 Å². The van der Waals surface area contributed by atoms with E-state index in [0.29, 0.717) is 11.7 Å². The molecule has 5 rings (SSSR count). The van der Waals surface area contributed by atoms with Gasteiger partial charge in [-0.3, -0.25) is 9.69 Å². The molecule has 7 nitrogen and oxygen atoms in total. The third-order valence-corrected chi connectivity index (χ3v) is 6.73. The van der Waals surface area contributed by atoms with E-state index in [1.54, 1.807) is 18.2 Å². The Morgan fingerprint density at radius 3 is 2.53 bits per heavy atom. The highest BCUT2D eigenvalue weighted by Crippen LogP contribution is 2.20. The van der Waals surface area contributed by atoms with Gasteiger partial charge >= 0.3 is 5.63 Å². The van der Waals surface area contributed by atoms with Crippen molar-refractivity contribution in [2.24, 2.45) is 0 Å². The summed E-state index contributed by atoms with van der Waals surface area (Å²) in [7, 11) is 0. The summed E-state index contributed by atoms with van der Waals surface area (Å²) in [4.78, 5) is 27.4. The number of hydrogen-bond donors (Lipinski definition) is 2. The normalized spacial score (nSPS) is 18.1. The number of carbonyl (C=O) groups excluding carboxylic acids is 1. The van der Waals surface area contributed by atoms with Crippen LogP contribution in [0.1, 0.15) is 41.6 Å². The van der Waals surface area contributed by atoms with Crippen LogP contribution in [-0.4, -0.2) is 49.1 Å². The van der Waals surface area contributed by atoms with Crippen molar-refractivity contribution in [3.05, 3.63) is 76.1 Å². The van der Waals surface area contributed by atoms with Gasteiger partial charge < -0.3 is 19.8 Å². The number of nitrogens with zero attached hydrogens (tertiary/aromatic N) is 1. The van der Waals surface area contributed by atoms with E-state index in [-0.39, 0.29) is 17.5 Å². The molecule has 7 heteroatoms. The first-order chi connectivity index (χ1) is 16.6. The standard InChI is InChI=1S/C27H31N3O4/c31-26(24-17-20-3-1-2-4-25(20)34-27(24)32)29-21-11-15-30(16-12-21)18-19-5-7-22(8-6-19)33-23-9-13-28-14-10-23/h1-8,17,21,23,28H,9-16,18H2,(H,29,31). The number of fused-ring (bicyclic) bond motifs is 1. The quantitative estimate of drug-likeness (QED) is 0.548. The second kappa shape index (κ2) is 10.4. The van der Waals surface area contributed by atoms with Crippen LogP contribution in [0.5, 0.6) is 5.75 Å². The van der Waals surface area contributed by atoms with Gasteiger partial charge in [0.15, 0.2) is 0 Å². The monoisotopic (exact) mass is 461 g/mol. The van der Waals surface area contributed by atoms with Crippen molar-refractivity contribution in [2.75, 3.05) is 26.2 Å². The molecular formula is C27H31N3O4. The Bertz CT molecular complexity index is 1180. The zero-order valence-corrected chi connectivity index (χ0v) is 19.3. The summed E-state index contributed by atoms with van der Waals surface area (Å²) >= 11 is 0. The first kappa shape index (κ1) is 22.6. The van der Waals surface area contributed by atoms with Gasteiger partial charge in [-0.1, -0.05) is 30.3 Å². The molecule has 0 aliphatic carbocycles. The second-order valence-corrected chi connectivity index (χ2v) is 9.22. The molecule has 2 fully saturated rings. The molecule has 1 aromatic heterocycles. The number of piperidine rings is 2. The second-order valence-electron chi connectivity index (χ2n) is 9.22. The number of para-hydroxylation sites is 1. The predicted octanol–water partition coefficient (Wildman–Crippen LogP) is 3.32. The van der Waals surface area contributed by atoms with E-state index >= 15 is 0 Å². The minimum Gasteiger partial charge on any atom is -0.490 e. The van der Waals surface area contributed by atoms with Crippen LogP contribution < -0.4 is 21.0 Å². The molecular weight excluding hydrogens is 430 g/mol. The van der Waals surface area contributed by atoms with Gasteiger partial charge in [-0.25, -0.2) is 4.79 Å². The minimum absolute atomic E-state index is 0.0513. The van der Waals surface area contributed by atoms with Crippen molar-refractivity contribution >= 4 is 16.9 Å². The molecule has 0 spiro atoms. The average Bonchev–Trinajstić information content (AvgIpc) is 2.86. The summed E-state index contributed by atoms with van der Waals surface area (Å²) in [6.45, 7) is 4.71. The molecule has 3 heterocycles. The highest BCUT2D eigenvalue weighted by Gasteiger charge is 2.23. The van der Waals surface area contributed by atoms with Crippen LogP contribution in [0.3, 0.4) is 0 Å². The van der Waals surface area contributed by atoms with Gasteiger partial charge in [0.1, 0.15) is 23.0 Å². The number of benzene rings is 2. The van der Waals surface area contributed by atoms with Crippen molar-refractivity contribution in [3.63, 3.8) is 0 Å². The van der Waals surface area contributed by atoms with Crippen LogP contribution in [-0.2, 0) is 6.54 Å². The van der Waals surface area contributed by atoms with Gasteiger partial charge in [0.2, 0.25) is 0 Å². The van der Waals surface area contributed by atoms with Gasteiger partial charge in [-0.15, -0.1) is 0 Å². The molecule has 3 aromatic rings. The van der Waals surface area contributed by atoms with Gasteiger partial charge in [0.05, 0.1) is 0 Å². The fourth-order valence-corrected chi connectivity index (χ4v) is 4.76. The van der Waals surface area contributed by atoms with E-state index < -0.39 is 5.63 Å². The van der Waals surface area contributed by atoms with Gasteiger partial charge in [0.25, 0.3) is 5.91 Å². The molecule has 0 bridgehead atoms. The SMILES string of the molecule is O=C(NC1CCN(Cc2ccc(OC3CCNCC3)cc2)CC1)c1cc2ccccc2oc1=O. The largest absolute Gasteiger partial charge is 0.490 e. The summed E-state index contributed by atoms with van der Waals surface area (Å²) in [6.07, 6.45) is 4.11. The van der Waals surface area contributed by atoms with Crippen molar-refractivity contribution < 1.29 is 13.9 Å². The lowest BCUT2D eigenvalue weighted by Gasteiger charge is -2.32. The Hall–Kier alpha value is -3.16. The molecule has 0 unspecified atom stereocenters. The molecule has 34 heavy (non-hydrogen) atoms. The molecule has 1 amide bonds. The van der Waals surface area contributed by atoms with Crippen molar-refractivity contribution in [3.8, 4) is 5.75 Å². The highest BCUT2D eigenvalue weighted by atomic mass is 16.5. The lowest BCUT2D eigenvalue weighted by Crippen LogP contribution is -2.45. The fourth-order valence-electron chi connectivity index (χ4n) is 4.76. The van der Waals surface area contributed by atoms with Crippen LogP contribution in [0.15, 0.2) is 63.8 Å². The predicted molar refractivity (Wildman–Crippen MR) is 131 cm³/mol. The fraction of sp³-hybridized carbons (Fsp3) is 0.407. The van der Waals surface area contributed by atoms with E-state index in [1.165, 1.54) is 5.56 Å². The Kier molecular flexibility index (Phi) is 6.92. The number of ether oxygens (including phenoxy) is 1. The Balaban J connectivity index is 1.11. The number of hydrogen-bond acceptors (Lipinski definition) is 6. The molecule has 178 valence electrons. The number of likely N-dealkylation sites (tertiary alicyclic amines) is 1. The van der Waals surface area contributed by atoms with Crippen LogP contribution in [0.25, 0.3) is 11.0 Å². The van der Waals surface area contributed by atoms with Crippen LogP contribution >= 0.6 is 0 Å². The van der Waals surface area contributed by atoms with Crippen LogP contribution in [0, 0.1) is 0 Å². The molecule has 0 atom stereocenters. The zero-order valence-electron chi connectivity index (χ0n) is 19.3.